The average Bonchev–Trinajstić information content (AvgIpc) is 3.64. The number of alkyl halides is 2. The fourth-order valence-electron chi connectivity index (χ4n) is 4.16. The van der Waals surface area contributed by atoms with E-state index in [0.717, 1.165) is 27.3 Å². The molecule has 3 N–H and O–H groups in total. The first kappa shape index (κ1) is 27.7. The van der Waals surface area contributed by atoms with E-state index in [0.29, 0.717) is 26.6 Å². The molecule has 2 amide bonds. The fraction of sp³-hybridized carbons (Fsp3) is 0.185. The number of thiophene rings is 2. The molecule has 40 heavy (non-hydrogen) atoms. The van der Waals surface area contributed by atoms with Crippen molar-refractivity contribution >= 4 is 62.0 Å². The summed E-state index contributed by atoms with van der Waals surface area (Å²) in [6.45, 7) is 5.68. The number of nitrogens with two attached hydrogens (primary N) is 1. The van der Waals surface area contributed by atoms with Gasteiger partial charge < -0.3 is 15.8 Å². The number of anilines is 1. The number of benzene rings is 1. The van der Waals surface area contributed by atoms with Crippen LogP contribution in [0.5, 0.6) is 5.75 Å². The highest BCUT2D eigenvalue weighted by molar-refractivity contribution is 7.21. The molecule has 5 aromatic rings. The maximum atomic E-state index is 13.7. The summed E-state index contributed by atoms with van der Waals surface area (Å²) in [5.74, 6) is -0.841. The molecule has 4 aromatic heterocycles. The molecule has 0 aliphatic carbocycles. The first-order valence-electron chi connectivity index (χ1n) is 11.9. The second-order valence-corrected chi connectivity index (χ2v) is 11.7. The standard InChI is InChI=1S/C27H22ClF2N5O3S2/c1-12-8-15(9-13(2)21(12)28)38-11-35-7-6-17(34-35)26(37)33-22-20-16(19-5-4-14(3)39-19)10-18(24(29)30)32-27(20)40-23(22)25(31)36/h4-10,24H,11H2,1-3H3,(H2,31,36)(H,33,37). The number of amides is 2. The number of aryl methyl sites for hydroxylation is 3. The fourth-order valence-corrected chi connectivity index (χ4v) is 6.17. The second-order valence-electron chi connectivity index (χ2n) is 9.00. The molecule has 5 rings (SSSR count). The highest BCUT2D eigenvalue weighted by atomic mass is 35.5. The topological polar surface area (TPSA) is 112 Å². The summed E-state index contributed by atoms with van der Waals surface area (Å²) in [5.41, 5.74) is 7.50. The number of pyridine rings is 1. The molecule has 0 saturated carbocycles. The summed E-state index contributed by atoms with van der Waals surface area (Å²) < 4.78 is 34.6. The highest BCUT2D eigenvalue weighted by Crippen LogP contribution is 2.44. The lowest BCUT2D eigenvalue weighted by Crippen LogP contribution is -2.17. The van der Waals surface area contributed by atoms with Crippen molar-refractivity contribution in [3.8, 4) is 16.2 Å². The Kier molecular flexibility index (Phi) is 7.58. The van der Waals surface area contributed by atoms with Crippen molar-refractivity contribution in [2.45, 2.75) is 33.9 Å². The van der Waals surface area contributed by atoms with Crippen molar-refractivity contribution in [2.75, 3.05) is 5.32 Å². The molecule has 13 heteroatoms. The van der Waals surface area contributed by atoms with Gasteiger partial charge in [0.25, 0.3) is 18.2 Å². The Morgan fingerprint density at radius 1 is 1.12 bits per heavy atom. The molecule has 0 aliphatic heterocycles. The van der Waals surface area contributed by atoms with Crippen molar-refractivity contribution in [3.05, 3.63) is 79.9 Å². The molecule has 0 radical (unpaired) electrons. The molecule has 206 valence electrons. The number of aromatic nitrogens is 3. The normalized spacial score (nSPS) is 11.4. The molecule has 4 heterocycles. The van der Waals surface area contributed by atoms with Crippen LogP contribution in [0.2, 0.25) is 5.02 Å². The molecular formula is C27H22ClF2N5O3S2. The van der Waals surface area contributed by atoms with E-state index >= 15 is 0 Å². The largest absolute Gasteiger partial charge is 0.471 e. The molecule has 0 unspecified atom stereocenters. The van der Waals surface area contributed by atoms with E-state index in [4.69, 9.17) is 22.1 Å². The molecule has 0 atom stereocenters. The van der Waals surface area contributed by atoms with Gasteiger partial charge in [-0.1, -0.05) is 11.6 Å². The molecule has 0 aliphatic rings. The van der Waals surface area contributed by atoms with E-state index < -0.39 is 23.9 Å². The zero-order valence-corrected chi connectivity index (χ0v) is 23.8. The van der Waals surface area contributed by atoms with Crippen LogP contribution in [-0.2, 0) is 6.73 Å². The van der Waals surface area contributed by atoms with Crippen LogP contribution in [0.1, 0.15) is 48.3 Å². The quantitative estimate of drug-likeness (QED) is 0.197. The third kappa shape index (κ3) is 5.42. The van der Waals surface area contributed by atoms with Gasteiger partial charge >= 0.3 is 0 Å². The third-order valence-corrected chi connectivity index (χ3v) is 8.75. The first-order chi connectivity index (χ1) is 19.0. The minimum atomic E-state index is -2.83. The van der Waals surface area contributed by atoms with Crippen LogP contribution in [0.4, 0.5) is 14.5 Å². The predicted molar refractivity (Wildman–Crippen MR) is 153 cm³/mol. The number of rotatable bonds is 8. The summed E-state index contributed by atoms with van der Waals surface area (Å²) in [6.07, 6.45) is -1.25. The van der Waals surface area contributed by atoms with Crippen LogP contribution in [0.3, 0.4) is 0 Å². The van der Waals surface area contributed by atoms with E-state index in [1.54, 1.807) is 24.4 Å². The Morgan fingerprint density at radius 2 is 1.85 bits per heavy atom. The molecule has 0 spiro atoms. The number of nitrogens with one attached hydrogen (secondary N) is 1. The Hall–Kier alpha value is -3.87. The van der Waals surface area contributed by atoms with Gasteiger partial charge in [0.05, 0.1) is 5.69 Å². The summed E-state index contributed by atoms with van der Waals surface area (Å²) in [6, 6.07) is 10.0. The SMILES string of the molecule is Cc1ccc(-c2cc(C(F)F)nc3sc(C(N)=O)c(NC(=O)c4ccn(COc5cc(C)c(Cl)c(C)c5)n4)c23)s1. The Bertz CT molecular complexity index is 1760. The molecule has 0 saturated heterocycles. The van der Waals surface area contributed by atoms with Crippen LogP contribution in [0.25, 0.3) is 20.7 Å². The van der Waals surface area contributed by atoms with Crippen LogP contribution in [-0.4, -0.2) is 26.6 Å². The van der Waals surface area contributed by atoms with Gasteiger partial charge in [-0.2, -0.15) is 5.10 Å². The summed E-state index contributed by atoms with van der Waals surface area (Å²) in [5, 5.41) is 8.02. The summed E-state index contributed by atoms with van der Waals surface area (Å²) >= 11 is 8.45. The second kappa shape index (κ2) is 11.0. The van der Waals surface area contributed by atoms with Crippen molar-refractivity contribution in [1.29, 1.82) is 0 Å². The number of fused-ring (bicyclic) bond motifs is 1. The zero-order valence-electron chi connectivity index (χ0n) is 21.4. The predicted octanol–water partition coefficient (Wildman–Crippen LogP) is 7.13. The number of carbonyl (C=O) groups is 2. The van der Waals surface area contributed by atoms with Crippen LogP contribution in [0.15, 0.2) is 42.6 Å². The van der Waals surface area contributed by atoms with Crippen LogP contribution in [0, 0.1) is 20.8 Å². The molecule has 8 nitrogen and oxygen atoms in total. The lowest BCUT2D eigenvalue weighted by Gasteiger charge is -2.10. The maximum Gasteiger partial charge on any atom is 0.280 e. The number of primary amides is 1. The lowest BCUT2D eigenvalue weighted by atomic mass is 10.1. The number of halogens is 3. The van der Waals surface area contributed by atoms with Gasteiger partial charge in [-0.05, 0) is 68.3 Å². The van der Waals surface area contributed by atoms with Crippen molar-refractivity contribution < 1.29 is 23.1 Å². The van der Waals surface area contributed by atoms with Crippen molar-refractivity contribution in [2.24, 2.45) is 5.73 Å². The number of ether oxygens (including phenoxy) is 1. The number of hydrogen-bond acceptors (Lipinski definition) is 7. The summed E-state index contributed by atoms with van der Waals surface area (Å²) in [4.78, 5) is 31.4. The molecule has 0 bridgehead atoms. The number of hydrogen-bond donors (Lipinski definition) is 2. The Labute approximate surface area is 240 Å². The van der Waals surface area contributed by atoms with E-state index in [-0.39, 0.29) is 27.8 Å². The van der Waals surface area contributed by atoms with Gasteiger partial charge in [-0.15, -0.1) is 22.7 Å². The van der Waals surface area contributed by atoms with E-state index in [2.05, 4.69) is 15.4 Å². The monoisotopic (exact) mass is 601 g/mol. The van der Waals surface area contributed by atoms with E-state index in [9.17, 15) is 18.4 Å². The van der Waals surface area contributed by atoms with Gasteiger partial charge in [-0.25, -0.2) is 18.4 Å². The molecule has 1 aromatic carbocycles. The molecular weight excluding hydrogens is 580 g/mol. The smallest absolute Gasteiger partial charge is 0.280 e. The number of carbonyl (C=O) groups excluding carboxylic acids is 2. The zero-order chi connectivity index (χ0) is 28.7. The Morgan fingerprint density at radius 3 is 2.48 bits per heavy atom. The van der Waals surface area contributed by atoms with Crippen LogP contribution >= 0.6 is 34.3 Å². The van der Waals surface area contributed by atoms with Gasteiger partial charge in [0.2, 0.25) is 0 Å². The average molecular weight is 602 g/mol. The minimum absolute atomic E-state index is 0.00645. The number of nitrogens with zero attached hydrogens (tertiary/aromatic N) is 3. The third-order valence-electron chi connectivity index (χ3n) is 6.02. The molecule has 0 fully saturated rings. The first-order valence-corrected chi connectivity index (χ1v) is 13.9. The van der Waals surface area contributed by atoms with Crippen molar-refractivity contribution in [3.63, 3.8) is 0 Å². The van der Waals surface area contributed by atoms with E-state index in [1.165, 1.54) is 28.2 Å². The highest BCUT2D eigenvalue weighted by Gasteiger charge is 2.26. The van der Waals surface area contributed by atoms with Gasteiger partial charge in [-0.3, -0.25) is 9.59 Å². The maximum absolute atomic E-state index is 13.7. The van der Waals surface area contributed by atoms with Crippen LogP contribution < -0.4 is 15.8 Å². The van der Waals surface area contributed by atoms with Gasteiger partial charge in [0.1, 0.15) is 21.2 Å². The van der Waals surface area contributed by atoms with Gasteiger partial charge in [0, 0.05) is 31.9 Å². The lowest BCUT2D eigenvalue weighted by molar-refractivity contribution is 0.100. The minimum Gasteiger partial charge on any atom is -0.471 e. The van der Waals surface area contributed by atoms with Gasteiger partial charge in [0.15, 0.2) is 12.4 Å². The Balaban J connectivity index is 1.47. The van der Waals surface area contributed by atoms with Crippen molar-refractivity contribution in [1.82, 2.24) is 14.8 Å². The summed E-state index contributed by atoms with van der Waals surface area (Å²) in [7, 11) is 0. The van der Waals surface area contributed by atoms with E-state index in [1.807, 2.05) is 26.8 Å².